The molecule has 5 rings (SSSR count). The Bertz CT molecular complexity index is 1060. The van der Waals surface area contributed by atoms with Crippen LogP contribution in [-0.4, -0.2) is 34.6 Å². The van der Waals surface area contributed by atoms with Crippen LogP contribution >= 0.6 is 22.9 Å². The molecule has 1 fully saturated rings. The van der Waals surface area contributed by atoms with E-state index < -0.39 is 0 Å². The van der Waals surface area contributed by atoms with E-state index in [0.29, 0.717) is 5.02 Å². The number of nitrogens with zero attached hydrogens (tertiary/aromatic N) is 5. The number of hydrogen-bond donors (Lipinski definition) is 0. The second-order valence-electron chi connectivity index (χ2n) is 7.93. The van der Waals surface area contributed by atoms with E-state index in [1.807, 2.05) is 17.5 Å². The van der Waals surface area contributed by atoms with Crippen LogP contribution in [0.15, 0.2) is 24.5 Å². The highest BCUT2D eigenvalue weighted by molar-refractivity contribution is 7.15. The summed E-state index contributed by atoms with van der Waals surface area (Å²) in [5, 5.41) is 1.83. The van der Waals surface area contributed by atoms with Crippen LogP contribution in [0.5, 0.6) is 0 Å². The van der Waals surface area contributed by atoms with Crippen LogP contribution in [0.4, 0.5) is 10.9 Å². The van der Waals surface area contributed by atoms with E-state index >= 15 is 0 Å². The Hall–Kier alpha value is -2.18. The Balaban J connectivity index is 1.43. The summed E-state index contributed by atoms with van der Waals surface area (Å²) in [5.74, 6) is 0.952. The molecule has 0 aliphatic carbocycles. The number of fused-ring (bicyclic) bond motifs is 1. The number of aryl methyl sites for hydroxylation is 2. The Kier molecular flexibility index (Phi) is 4.92. The molecule has 1 saturated heterocycles. The van der Waals surface area contributed by atoms with Crippen molar-refractivity contribution < 1.29 is 0 Å². The average Bonchev–Trinajstić information content (AvgIpc) is 3.38. The van der Waals surface area contributed by atoms with Crippen molar-refractivity contribution >= 4 is 33.9 Å². The number of anilines is 2. The summed E-state index contributed by atoms with van der Waals surface area (Å²) in [5.41, 5.74) is 5.42. The lowest BCUT2D eigenvalue weighted by molar-refractivity contribution is 0.718. The molecule has 3 aromatic rings. The fraction of sp³-hybridized carbons (Fsp3) is 0.409. The zero-order valence-electron chi connectivity index (χ0n) is 16.8. The zero-order valence-corrected chi connectivity index (χ0v) is 18.4. The molecule has 5 nitrogen and oxygen atoms in total. The Labute approximate surface area is 180 Å². The van der Waals surface area contributed by atoms with Gasteiger partial charge in [-0.25, -0.2) is 9.97 Å². The summed E-state index contributed by atoms with van der Waals surface area (Å²) >= 11 is 8.35. The molecular formula is C22H24ClN5S. The molecule has 0 radical (unpaired) electrons. The van der Waals surface area contributed by atoms with Gasteiger partial charge in [-0.15, -0.1) is 0 Å². The lowest BCUT2D eigenvalue weighted by atomic mass is 10.1. The monoisotopic (exact) mass is 425 g/mol. The van der Waals surface area contributed by atoms with Gasteiger partial charge in [0.05, 0.1) is 23.0 Å². The SMILES string of the molecule is Cc1cnc(-c2cc(N3CCc4nc(N5CCCC5)sc4C3)ncc2Cl)c(C)c1. The average molecular weight is 426 g/mol. The molecule has 3 aromatic heterocycles. The van der Waals surface area contributed by atoms with Gasteiger partial charge in [0.1, 0.15) is 5.82 Å². The van der Waals surface area contributed by atoms with Gasteiger partial charge in [0.15, 0.2) is 5.13 Å². The third-order valence-corrected chi connectivity index (χ3v) is 7.18. The zero-order chi connectivity index (χ0) is 20.0. The van der Waals surface area contributed by atoms with Crippen LogP contribution in [0.25, 0.3) is 11.3 Å². The number of rotatable bonds is 3. The summed E-state index contributed by atoms with van der Waals surface area (Å²) in [6.07, 6.45) is 7.16. The van der Waals surface area contributed by atoms with Gasteiger partial charge in [0.25, 0.3) is 0 Å². The van der Waals surface area contributed by atoms with Gasteiger partial charge in [-0.2, -0.15) is 0 Å². The molecule has 0 amide bonds. The topological polar surface area (TPSA) is 45.2 Å². The molecule has 0 N–H and O–H groups in total. The predicted octanol–water partition coefficient (Wildman–Crippen LogP) is 5.03. The molecule has 0 bridgehead atoms. The van der Waals surface area contributed by atoms with Crippen LogP contribution < -0.4 is 9.80 Å². The van der Waals surface area contributed by atoms with Crippen LogP contribution in [0.3, 0.4) is 0 Å². The predicted molar refractivity (Wildman–Crippen MR) is 120 cm³/mol. The van der Waals surface area contributed by atoms with Crippen molar-refractivity contribution in [1.29, 1.82) is 0 Å². The molecule has 2 aliphatic rings. The van der Waals surface area contributed by atoms with Gasteiger partial charge in [-0.1, -0.05) is 29.0 Å². The molecule has 0 unspecified atom stereocenters. The molecule has 7 heteroatoms. The molecule has 2 aliphatic heterocycles. The van der Waals surface area contributed by atoms with Gasteiger partial charge >= 0.3 is 0 Å². The normalized spacial score (nSPS) is 16.4. The second kappa shape index (κ2) is 7.58. The maximum atomic E-state index is 6.50. The van der Waals surface area contributed by atoms with Crippen molar-refractivity contribution in [3.8, 4) is 11.3 Å². The molecule has 5 heterocycles. The first-order chi connectivity index (χ1) is 14.1. The van der Waals surface area contributed by atoms with E-state index in [1.165, 1.54) is 28.5 Å². The Morgan fingerprint density at radius 2 is 1.83 bits per heavy atom. The van der Waals surface area contributed by atoms with Crippen molar-refractivity contribution in [3.63, 3.8) is 0 Å². The van der Waals surface area contributed by atoms with Crippen molar-refractivity contribution in [2.45, 2.75) is 39.7 Å². The number of thiazole rings is 1. The minimum atomic E-state index is 0.639. The Morgan fingerprint density at radius 1 is 1.00 bits per heavy atom. The van der Waals surface area contributed by atoms with Crippen molar-refractivity contribution in [2.75, 3.05) is 29.4 Å². The van der Waals surface area contributed by atoms with Gasteiger partial charge in [0.2, 0.25) is 0 Å². The highest BCUT2D eigenvalue weighted by atomic mass is 35.5. The van der Waals surface area contributed by atoms with Crippen LogP contribution in [0, 0.1) is 13.8 Å². The van der Waals surface area contributed by atoms with E-state index in [2.05, 4.69) is 45.7 Å². The maximum Gasteiger partial charge on any atom is 0.185 e. The smallest absolute Gasteiger partial charge is 0.185 e. The first kappa shape index (κ1) is 18.8. The fourth-order valence-corrected chi connectivity index (χ4v) is 5.57. The standard InChI is InChI=1S/C22H24ClN5S/c1-14-9-15(2)21(25-11-14)16-10-20(24-12-17(16)23)28-8-5-18-19(13-28)29-22(26-18)27-6-3-4-7-27/h9-12H,3-8,13H2,1-2H3. The Morgan fingerprint density at radius 3 is 2.62 bits per heavy atom. The molecule has 0 spiro atoms. The van der Waals surface area contributed by atoms with E-state index in [-0.39, 0.29) is 0 Å². The molecule has 0 saturated carbocycles. The summed E-state index contributed by atoms with van der Waals surface area (Å²) in [6, 6.07) is 4.23. The van der Waals surface area contributed by atoms with E-state index in [4.69, 9.17) is 16.6 Å². The van der Waals surface area contributed by atoms with Crippen LogP contribution in [-0.2, 0) is 13.0 Å². The van der Waals surface area contributed by atoms with Gasteiger partial charge in [-0.3, -0.25) is 4.98 Å². The van der Waals surface area contributed by atoms with Gasteiger partial charge in [-0.05, 0) is 43.9 Å². The van der Waals surface area contributed by atoms with Crippen molar-refractivity contribution in [1.82, 2.24) is 15.0 Å². The summed E-state index contributed by atoms with van der Waals surface area (Å²) in [4.78, 5) is 20.3. The van der Waals surface area contributed by atoms with E-state index in [9.17, 15) is 0 Å². The van der Waals surface area contributed by atoms with E-state index in [1.54, 1.807) is 6.20 Å². The second-order valence-corrected chi connectivity index (χ2v) is 9.40. The minimum absolute atomic E-state index is 0.639. The third kappa shape index (κ3) is 3.60. The number of halogens is 1. The van der Waals surface area contributed by atoms with Crippen molar-refractivity contribution in [2.24, 2.45) is 0 Å². The van der Waals surface area contributed by atoms with Crippen LogP contribution in [0.1, 0.15) is 34.5 Å². The third-order valence-electron chi connectivity index (χ3n) is 5.73. The largest absolute Gasteiger partial charge is 0.351 e. The first-order valence-electron chi connectivity index (χ1n) is 10.2. The highest BCUT2D eigenvalue weighted by Gasteiger charge is 2.25. The molecule has 29 heavy (non-hydrogen) atoms. The van der Waals surface area contributed by atoms with E-state index in [0.717, 1.165) is 60.8 Å². The first-order valence-corrected chi connectivity index (χ1v) is 11.4. The number of pyridine rings is 2. The quantitative estimate of drug-likeness (QED) is 0.588. The lowest BCUT2D eigenvalue weighted by Crippen LogP contribution is -2.30. The highest BCUT2D eigenvalue weighted by Crippen LogP contribution is 2.36. The maximum absolute atomic E-state index is 6.50. The molecule has 0 atom stereocenters. The summed E-state index contributed by atoms with van der Waals surface area (Å²) in [6.45, 7) is 8.19. The lowest BCUT2D eigenvalue weighted by Gasteiger charge is -2.27. The summed E-state index contributed by atoms with van der Waals surface area (Å²) in [7, 11) is 0. The van der Waals surface area contributed by atoms with Crippen LogP contribution in [0.2, 0.25) is 5.02 Å². The summed E-state index contributed by atoms with van der Waals surface area (Å²) < 4.78 is 0. The van der Waals surface area contributed by atoms with Crippen molar-refractivity contribution in [3.05, 3.63) is 51.2 Å². The molecular weight excluding hydrogens is 402 g/mol. The minimum Gasteiger partial charge on any atom is -0.351 e. The number of aromatic nitrogens is 3. The molecule has 0 aromatic carbocycles. The molecule has 150 valence electrons. The van der Waals surface area contributed by atoms with Gasteiger partial charge in [0, 0.05) is 48.9 Å². The van der Waals surface area contributed by atoms with Gasteiger partial charge < -0.3 is 9.80 Å². The fourth-order valence-electron chi connectivity index (χ4n) is 4.20. The number of hydrogen-bond acceptors (Lipinski definition) is 6.